The highest BCUT2D eigenvalue weighted by Crippen LogP contribution is 2.19. The molecule has 0 spiro atoms. The molecule has 0 N–H and O–H groups in total. The van der Waals surface area contributed by atoms with E-state index >= 15 is 0 Å². The van der Waals surface area contributed by atoms with Crippen LogP contribution >= 0.6 is 11.8 Å². The SMILES string of the molecule is C=C(SC(C)C)N(C)C. The molecule has 0 rings (SSSR count). The summed E-state index contributed by atoms with van der Waals surface area (Å²) in [6.45, 7) is 8.22. The van der Waals surface area contributed by atoms with Gasteiger partial charge in [-0.25, -0.2) is 0 Å². The number of hydrogen-bond acceptors (Lipinski definition) is 2. The van der Waals surface area contributed by atoms with Gasteiger partial charge in [-0.3, -0.25) is 0 Å². The molecule has 1 nitrogen and oxygen atoms in total. The van der Waals surface area contributed by atoms with Crippen LogP contribution in [0.5, 0.6) is 0 Å². The summed E-state index contributed by atoms with van der Waals surface area (Å²) < 4.78 is 0. The maximum absolute atomic E-state index is 3.88. The molecule has 54 valence electrons. The topological polar surface area (TPSA) is 3.24 Å². The van der Waals surface area contributed by atoms with E-state index in [0.717, 1.165) is 5.03 Å². The molecule has 0 aliphatic carbocycles. The lowest BCUT2D eigenvalue weighted by atomic mass is 10.6. The third-order valence-electron chi connectivity index (χ3n) is 0.871. The fraction of sp³-hybridized carbons (Fsp3) is 0.714. The predicted molar refractivity (Wildman–Crippen MR) is 45.6 cm³/mol. The van der Waals surface area contributed by atoms with Gasteiger partial charge < -0.3 is 4.90 Å². The number of thioether (sulfide) groups is 1. The molecule has 0 unspecified atom stereocenters. The van der Waals surface area contributed by atoms with E-state index in [-0.39, 0.29) is 0 Å². The Labute approximate surface area is 62.1 Å². The molecule has 0 saturated heterocycles. The van der Waals surface area contributed by atoms with Crippen LogP contribution in [-0.2, 0) is 0 Å². The summed E-state index contributed by atoms with van der Waals surface area (Å²) >= 11 is 1.79. The molecule has 0 radical (unpaired) electrons. The largest absolute Gasteiger partial charge is 0.373 e. The molecule has 0 bridgehead atoms. The van der Waals surface area contributed by atoms with Crippen molar-refractivity contribution < 1.29 is 0 Å². The highest BCUT2D eigenvalue weighted by Gasteiger charge is 1.99. The number of nitrogens with zero attached hydrogens (tertiary/aromatic N) is 1. The van der Waals surface area contributed by atoms with Gasteiger partial charge in [-0.15, -0.1) is 11.8 Å². The molecule has 0 fully saturated rings. The second kappa shape index (κ2) is 3.83. The van der Waals surface area contributed by atoms with E-state index in [2.05, 4.69) is 20.4 Å². The van der Waals surface area contributed by atoms with Crippen molar-refractivity contribution in [2.45, 2.75) is 19.1 Å². The second-order valence-electron chi connectivity index (χ2n) is 2.45. The first kappa shape index (κ1) is 8.89. The molecule has 0 aromatic carbocycles. The third kappa shape index (κ3) is 4.40. The third-order valence-corrected chi connectivity index (χ3v) is 1.98. The zero-order valence-corrected chi connectivity index (χ0v) is 7.46. The van der Waals surface area contributed by atoms with Crippen LogP contribution in [-0.4, -0.2) is 24.2 Å². The Morgan fingerprint density at radius 2 is 1.89 bits per heavy atom. The van der Waals surface area contributed by atoms with Crippen LogP contribution in [0.1, 0.15) is 13.8 Å². The van der Waals surface area contributed by atoms with Crippen LogP contribution in [0.2, 0.25) is 0 Å². The summed E-state index contributed by atoms with van der Waals surface area (Å²) in [7, 11) is 4.02. The van der Waals surface area contributed by atoms with E-state index in [1.165, 1.54) is 0 Å². The Balaban J connectivity index is 3.51. The van der Waals surface area contributed by atoms with E-state index < -0.39 is 0 Å². The fourth-order valence-corrected chi connectivity index (χ4v) is 1.13. The summed E-state index contributed by atoms with van der Waals surface area (Å²) in [5, 5.41) is 1.77. The molecule has 0 heterocycles. The van der Waals surface area contributed by atoms with Crippen LogP contribution in [0.3, 0.4) is 0 Å². The van der Waals surface area contributed by atoms with Gasteiger partial charge in [-0.1, -0.05) is 20.4 Å². The Morgan fingerprint density at radius 1 is 1.44 bits per heavy atom. The van der Waals surface area contributed by atoms with Gasteiger partial charge in [0.15, 0.2) is 0 Å². The highest BCUT2D eigenvalue weighted by atomic mass is 32.2. The maximum Gasteiger partial charge on any atom is 0.0631 e. The lowest BCUT2D eigenvalue weighted by molar-refractivity contribution is 0.552. The first-order chi connectivity index (χ1) is 4.04. The van der Waals surface area contributed by atoms with Gasteiger partial charge in [0.1, 0.15) is 0 Å². The summed E-state index contributed by atoms with van der Waals surface area (Å²) in [5.41, 5.74) is 0. The molecule has 9 heavy (non-hydrogen) atoms. The van der Waals surface area contributed by atoms with Crippen LogP contribution in [0.25, 0.3) is 0 Å². The molecule has 0 aliphatic rings. The summed E-state index contributed by atoms with van der Waals surface area (Å²) in [5.74, 6) is 0. The highest BCUT2D eigenvalue weighted by molar-refractivity contribution is 8.03. The van der Waals surface area contributed by atoms with Crippen molar-refractivity contribution in [2.24, 2.45) is 0 Å². The summed E-state index contributed by atoms with van der Waals surface area (Å²) in [6.07, 6.45) is 0. The average molecular weight is 145 g/mol. The van der Waals surface area contributed by atoms with Crippen molar-refractivity contribution in [1.82, 2.24) is 4.90 Å². The van der Waals surface area contributed by atoms with Crippen molar-refractivity contribution in [2.75, 3.05) is 14.1 Å². The number of hydrogen-bond donors (Lipinski definition) is 0. The summed E-state index contributed by atoms with van der Waals surface area (Å²) in [4.78, 5) is 2.03. The molecule has 0 aromatic rings. The minimum absolute atomic E-state index is 0.639. The van der Waals surface area contributed by atoms with Crippen LogP contribution in [0, 0.1) is 0 Å². The van der Waals surface area contributed by atoms with Crippen molar-refractivity contribution >= 4 is 11.8 Å². The van der Waals surface area contributed by atoms with Crippen molar-refractivity contribution in [3.8, 4) is 0 Å². The number of rotatable bonds is 3. The van der Waals surface area contributed by atoms with Crippen LogP contribution in [0.4, 0.5) is 0 Å². The van der Waals surface area contributed by atoms with Gasteiger partial charge in [0.05, 0.1) is 5.03 Å². The van der Waals surface area contributed by atoms with Gasteiger partial charge in [0.25, 0.3) is 0 Å². The standard InChI is InChI=1S/C7H15NS/c1-6(2)9-7(3)8(4)5/h6H,3H2,1-2,4-5H3. The minimum atomic E-state index is 0.639. The normalized spacial score (nSPS) is 9.89. The van der Waals surface area contributed by atoms with Crippen molar-refractivity contribution in [1.29, 1.82) is 0 Å². The maximum atomic E-state index is 3.88. The van der Waals surface area contributed by atoms with Gasteiger partial charge >= 0.3 is 0 Å². The Kier molecular flexibility index (Phi) is 3.78. The van der Waals surface area contributed by atoms with Crippen molar-refractivity contribution in [3.05, 3.63) is 11.6 Å². The van der Waals surface area contributed by atoms with E-state index in [1.54, 1.807) is 11.8 Å². The van der Waals surface area contributed by atoms with Gasteiger partial charge in [-0.05, 0) is 0 Å². The average Bonchev–Trinajstić information content (AvgIpc) is 1.63. The van der Waals surface area contributed by atoms with Gasteiger partial charge in [0, 0.05) is 19.3 Å². The Hall–Kier alpha value is -0.110. The Morgan fingerprint density at radius 3 is 2.00 bits per heavy atom. The first-order valence-electron chi connectivity index (χ1n) is 3.07. The molecule has 0 atom stereocenters. The molecular formula is C7H15NS. The lowest BCUT2D eigenvalue weighted by Crippen LogP contribution is -2.08. The van der Waals surface area contributed by atoms with Crippen LogP contribution in [0.15, 0.2) is 11.6 Å². The van der Waals surface area contributed by atoms with Crippen LogP contribution < -0.4 is 0 Å². The lowest BCUT2D eigenvalue weighted by Gasteiger charge is -2.16. The quantitative estimate of drug-likeness (QED) is 0.598. The van der Waals surface area contributed by atoms with E-state index in [0.29, 0.717) is 5.25 Å². The second-order valence-corrected chi connectivity index (χ2v) is 4.10. The van der Waals surface area contributed by atoms with Crippen molar-refractivity contribution in [3.63, 3.8) is 0 Å². The molecule has 0 saturated carbocycles. The molecule has 2 heteroatoms. The minimum Gasteiger partial charge on any atom is -0.373 e. The van der Waals surface area contributed by atoms with E-state index in [1.807, 2.05) is 19.0 Å². The van der Waals surface area contributed by atoms with Gasteiger partial charge in [0.2, 0.25) is 0 Å². The first-order valence-corrected chi connectivity index (χ1v) is 3.95. The summed E-state index contributed by atoms with van der Waals surface area (Å²) in [6, 6.07) is 0. The molecule has 0 aliphatic heterocycles. The molecular weight excluding hydrogens is 130 g/mol. The van der Waals surface area contributed by atoms with Gasteiger partial charge in [-0.2, -0.15) is 0 Å². The van der Waals surface area contributed by atoms with E-state index in [9.17, 15) is 0 Å². The molecule has 0 aromatic heterocycles. The van der Waals surface area contributed by atoms with E-state index in [4.69, 9.17) is 0 Å². The zero-order chi connectivity index (χ0) is 7.44. The Bertz CT molecular complexity index is 97.1. The fourth-order valence-electron chi connectivity index (χ4n) is 0.377. The predicted octanol–water partition coefficient (Wildman–Crippen LogP) is 2.16. The molecule has 0 amide bonds. The monoisotopic (exact) mass is 145 g/mol. The zero-order valence-electron chi connectivity index (χ0n) is 6.64. The smallest absolute Gasteiger partial charge is 0.0631 e.